The molecule has 0 saturated carbocycles. The molecule has 0 aliphatic carbocycles. The maximum Gasteiger partial charge on any atom is 0.319 e. The van der Waals surface area contributed by atoms with Gasteiger partial charge in [-0.25, -0.2) is 4.79 Å². The average molecular weight is 344 g/mol. The summed E-state index contributed by atoms with van der Waals surface area (Å²) in [6.07, 6.45) is 0.723. The molecule has 0 aliphatic rings. The second-order valence-corrected chi connectivity index (χ2v) is 5.72. The molecule has 0 heterocycles. The lowest BCUT2D eigenvalue weighted by Crippen LogP contribution is -2.30. The third-order valence-corrected chi connectivity index (χ3v) is 3.42. The first-order chi connectivity index (χ1) is 10.0. The number of halogens is 3. The molecule has 0 bridgehead atoms. The van der Waals surface area contributed by atoms with Gasteiger partial charge in [-0.2, -0.15) is 0 Å². The number of carbonyl (C=O) groups excluding carboxylic acids is 1. The molecule has 21 heavy (non-hydrogen) atoms. The zero-order valence-electron chi connectivity index (χ0n) is 11.0. The number of rotatable bonds is 4. The number of carbonyl (C=O) groups is 1. The van der Waals surface area contributed by atoms with Crippen LogP contribution in [0.4, 0.5) is 10.5 Å². The van der Waals surface area contributed by atoms with E-state index in [9.17, 15) is 4.79 Å². The van der Waals surface area contributed by atoms with Crippen LogP contribution >= 0.6 is 34.8 Å². The smallest absolute Gasteiger partial charge is 0.319 e. The van der Waals surface area contributed by atoms with Crippen molar-refractivity contribution in [2.24, 2.45) is 0 Å². The van der Waals surface area contributed by atoms with Crippen LogP contribution in [0.2, 0.25) is 15.1 Å². The van der Waals surface area contributed by atoms with E-state index in [0.29, 0.717) is 27.3 Å². The third kappa shape index (κ3) is 5.46. The highest BCUT2D eigenvalue weighted by Crippen LogP contribution is 2.22. The number of hydrogen-bond donors (Lipinski definition) is 2. The van der Waals surface area contributed by atoms with Crippen molar-refractivity contribution in [3.63, 3.8) is 0 Å². The van der Waals surface area contributed by atoms with Crippen molar-refractivity contribution in [1.82, 2.24) is 5.32 Å². The number of anilines is 1. The average Bonchev–Trinajstić information content (AvgIpc) is 2.39. The number of amides is 2. The molecule has 2 rings (SSSR count). The van der Waals surface area contributed by atoms with Crippen LogP contribution in [0.25, 0.3) is 0 Å². The van der Waals surface area contributed by atoms with Gasteiger partial charge in [-0.15, -0.1) is 0 Å². The summed E-state index contributed by atoms with van der Waals surface area (Å²) in [5, 5.41) is 7.08. The molecule has 0 aliphatic heterocycles. The first-order valence-electron chi connectivity index (χ1n) is 6.28. The van der Waals surface area contributed by atoms with E-state index in [1.807, 2.05) is 24.3 Å². The van der Waals surface area contributed by atoms with E-state index < -0.39 is 0 Å². The lowest BCUT2D eigenvalue weighted by atomic mass is 10.1. The fourth-order valence-corrected chi connectivity index (χ4v) is 2.42. The van der Waals surface area contributed by atoms with Crippen molar-refractivity contribution >= 4 is 46.5 Å². The van der Waals surface area contributed by atoms with Crippen LogP contribution in [0, 0.1) is 0 Å². The van der Waals surface area contributed by atoms with E-state index in [-0.39, 0.29) is 6.03 Å². The van der Waals surface area contributed by atoms with Gasteiger partial charge in [0.2, 0.25) is 0 Å². The number of urea groups is 1. The summed E-state index contributed by atoms with van der Waals surface area (Å²) in [5.74, 6) is 0. The molecule has 2 N–H and O–H groups in total. The van der Waals surface area contributed by atoms with Crippen molar-refractivity contribution in [3.05, 3.63) is 63.1 Å². The molecule has 0 radical (unpaired) electrons. The molecule has 0 fully saturated rings. The van der Waals surface area contributed by atoms with Crippen LogP contribution in [-0.4, -0.2) is 12.6 Å². The summed E-state index contributed by atoms with van der Waals surface area (Å²) in [6.45, 7) is 0.516. The Morgan fingerprint density at radius 1 is 0.905 bits per heavy atom. The normalized spacial score (nSPS) is 10.2. The Balaban J connectivity index is 1.80. The highest BCUT2D eigenvalue weighted by atomic mass is 35.5. The first-order valence-corrected chi connectivity index (χ1v) is 7.42. The molecule has 2 amide bonds. The van der Waals surface area contributed by atoms with Crippen LogP contribution in [0.1, 0.15) is 5.56 Å². The van der Waals surface area contributed by atoms with Crippen LogP contribution < -0.4 is 10.6 Å². The van der Waals surface area contributed by atoms with Crippen molar-refractivity contribution in [1.29, 1.82) is 0 Å². The molecule has 2 aromatic carbocycles. The molecule has 2 aromatic rings. The molecule has 3 nitrogen and oxygen atoms in total. The molecular weight excluding hydrogens is 331 g/mol. The largest absolute Gasteiger partial charge is 0.338 e. The minimum atomic E-state index is -0.303. The number of benzene rings is 2. The van der Waals surface area contributed by atoms with Gasteiger partial charge >= 0.3 is 6.03 Å². The zero-order chi connectivity index (χ0) is 15.2. The SMILES string of the molecule is O=C(NCCc1ccc(Cl)cc1)Nc1cc(Cl)cc(Cl)c1. The van der Waals surface area contributed by atoms with Crippen molar-refractivity contribution in [3.8, 4) is 0 Å². The topological polar surface area (TPSA) is 41.1 Å². The minimum Gasteiger partial charge on any atom is -0.338 e. The zero-order valence-corrected chi connectivity index (χ0v) is 13.3. The molecule has 0 saturated heterocycles. The van der Waals surface area contributed by atoms with E-state index >= 15 is 0 Å². The fraction of sp³-hybridized carbons (Fsp3) is 0.133. The minimum absolute atomic E-state index is 0.303. The van der Waals surface area contributed by atoms with Gasteiger partial charge in [0.25, 0.3) is 0 Å². The summed E-state index contributed by atoms with van der Waals surface area (Å²) in [7, 11) is 0. The lowest BCUT2D eigenvalue weighted by Gasteiger charge is -2.08. The van der Waals surface area contributed by atoms with Gasteiger partial charge in [0.15, 0.2) is 0 Å². The summed E-state index contributed by atoms with van der Waals surface area (Å²) in [5.41, 5.74) is 1.65. The number of nitrogens with one attached hydrogen (secondary N) is 2. The molecule has 110 valence electrons. The molecule has 0 aromatic heterocycles. The van der Waals surface area contributed by atoms with E-state index in [1.54, 1.807) is 18.2 Å². The van der Waals surface area contributed by atoms with Gasteiger partial charge in [0.05, 0.1) is 0 Å². The van der Waals surface area contributed by atoms with Gasteiger partial charge in [0.1, 0.15) is 0 Å². The monoisotopic (exact) mass is 342 g/mol. The first kappa shape index (κ1) is 16.0. The molecule has 0 unspecified atom stereocenters. The van der Waals surface area contributed by atoms with E-state index in [4.69, 9.17) is 34.8 Å². The Morgan fingerprint density at radius 3 is 2.14 bits per heavy atom. The molecule has 0 spiro atoms. The van der Waals surface area contributed by atoms with Crippen molar-refractivity contribution < 1.29 is 4.79 Å². The van der Waals surface area contributed by atoms with Gasteiger partial charge in [-0.1, -0.05) is 46.9 Å². The van der Waals surface area contributed by atoms with Gasteiger partial charge in [-0.3, -0.25) is 0 Å². The Labute approximate surface area is 138 Å². The predicted molar refractivity (Wildman–Crippen MR) is 88.6 cm³/mol. The maximum absolute atomic E-state index is 11.7. The summed E-state index contributed by atoms with van der Waals surface area (Å²) < 4.78 is 0. The van der Waals surface area contributed by atoms with Gasteiger partial charge in [-0.05, 0) is 42.3 Å². The molecular formula is C15H13Cl3N2O. The summed E-state index contributed by atoms with van der Waals surface area (Å²) >= 11 is 17.5. The van der Waals surface area contributed by atoms with Gasteiger partial charge in [0, 0.05) is 27.3 Å². The van der Waals surface area contributed by atoms with Crippen molar-refractivity contribution in [2.45, 2.75) is 6.42 Å². The second kappa shape index (κ2) is 7.55. The fourth-order valence-electron chi connectivity index (χ4n) is 1.77. The third-order valence-electron chi connectivity index (χ3n) is 2.73. The Kier molecular flexibility index (Phi) is 5.74. The Morgan fingerprint density at radius 2 is 1.52 bits per heavy atom. The van der Waals surface area contributed by atoms with E-state index in [1.165, 1.54) is 0 Å². The summed E-state index contributed by atoms with van der Waals surface area (Å²) in [6, 6.07) is 12.1. The molecule has 0 atom stereocenters. The Bertz CT molecular complexity index is 609. The quantitative estimate of drug-likeness (QED) is 0.805. The Hall–Kier alpha value is -1.42. The highest BCUT2D eigenvalue weighted by molar-refractivity contribution is 6.35. The predicted octanol–water partition coefficient (Wildman–Crippen LogP) is 5.01. The van der Waals surface area contributed by atoms with Crippen LogP contribution in [-0.2, 0) is 6.42 Å². The van der Waals surface area contributed by atoms with Crippen LogP contribution in [0.5, 0.6) is 0 Å². The standard InChI is InChI=1S/C15H13Cl3N2O/c16-11-3-1-10(2-4-11)5-6-19-15(21)20-14-8-12(17)7-13(18)9-14/h1-4,7-9H,5-6H2,(H2,19,20,21). The number of hydrogen-bond acceptors (Lipinski definition) is 1. The van der Waals surface area contributed by atoms with Gasteiger partial charge < -0.3 is 10.6 Å². The second-order valence-electron chi connectivity index (χ2n) is 4.42. The van der Waals surface area contributed by atoms with Crippen molar-refractivity contribution in [2.75, 3.05) is 11.9 Å². The van der Waals surface area contributed by atoms with Crippen LogP contribution in [0.3, 0.4) is 0 Å². The van der Waals surface area contributed by atoms with E-state index in [0.717, 1.165) is 12.0 Å². The highest BCUT2D eigenvalue weighted by Gasteiger charge is 2.03. The lowest BCUT2D eigenvalue weighted by molar-refractivity contribution is 0.252. The summed E-state index contributed by atoms with van der Waals surface area (Å²) in [4.78, 5) is 11.7. The van der Waals surface area contributed by atoms with E-state index in [2.05, 4.69) is 10.6 Å². The maximum atomic E-state index is 11.7. The molecule has 6 heteroatoms. The van der Waals surface area contributed by atoms with Crippen LogP contribution in [0.15, 0.2) is 42.5 Å².